The van der Waals surface area contributed by atoms with Crippen LogP contribution in [0, 0.1) is 11.3 Å². The Kier molecular flexibility index (Phi) is 3.06. The number of hydrogen-bond donors (Lipinski definition) is 1. The Hall–Kier alpha value is -0.570. The van der Waals surface area contributed by atoms with E-state index in [4.69, 9.17) is 10.1 Å². The number of hydrogen-bond acceptors (Lipinski definition) is 2. The van der Waals surface area contributed by atoms with Crippen LogP contribution in [0.15, 0.2) is 0 Å². The Morgan fingerprint density at radius 1 is 1.43 bits per heavy atom. The van der Waals surface area contributed by atoms with Crippen molar-refractivity contribution in [1.82, 2.24) is 4.90 Å². The summed E-state index contributed by atoms with van der Waals surface area (Å²) < 4.78 is 5.67. The van der Waals surface area contributed by atoms with E-state index in [1.165, 1.54) is 25.7 Å². The molecule has 3 heteroatoms. The Morgan fingerprint density at radius 2 is 2.07 bits per heavy atom. The Labute approximate surface area is 85.9 Å². The van der Waals surface area contributed by atoms with Gasteiger partial charge in [-0.1, -0.05) is 0 Å². The second-order valence-corrected chi connectivity index (χ2v) is 4.29. The van der Waals surface area contributed by atoms with Crippen LogP contribution in [0.25, 0.3) is 0 Å². The lowest BCUT2D eigenvalue weighted by atomic mass is 10.2. The fourth-order valence-corrected chi connectivity index (χ4v) is 2.15. The van der Waals surface area contributed by atoms with Crippen LogP contribution in [-0.2, 0) is 4.74 Å². The third kappa shape index (κ3) is 2.08. The topological polar surface area (TPSA) is 36.3 Å². The summed E-state index contributed by atoms with van der Waals surface area (Å²) in [5, 5.41) is 8.12. The first-order chi connectivity index (χ1) is 6.83. The van der Waals surface area contributed by atoms with E-state index in [2.05, 4.69) is 4.90 Å². The molecule has 14 heavy (non-hydrogen) atoms. The van der Waals surface area contributed by atoms with E-state index in [9.17, 15) is 0 Å². The van der Waals surface area contributed by atoms with Crippen LogP contribution in [0.3, 0.4) is 0 Å². The normalized spacial score (nSPS) is 23.9. The lowest BCUT2D eigenvalue weighted by Gasteiger charge is -2.25. The SMILES string of the molecule is CCOC(C(=N)N1CCCC1)C1CC1. The number of amidine groups is 1. The maximum Gasteiger partial charge on any atom is 0.126 e. The van der Waals surface area contributed by atoms with E-state index in [1.807, 2.05) is 6.92 Å². The molecular weight excluding hydrogens is 176 g/mol. The largest absolute Gasteiger partial charge is 0.370 e. The van der Waals surface area contributed by atoms with Gasteiger partial charge in [-0.3, -0.25) is 5.41 Å². The molecule has 1 unspecified atom stereocenters. The molecule has 0 aromatic carbocycles. The van der Waals surface area contributed by atoms with E-state index in [1.54, 1.807) is 0 Å². The van der Waals surface area contributed by atoms with Crippen LogP contribution in [-0.4, -0.2) is 36.5 Å². The fourth-order valence-electron chi connectivity index (χ4n) is 2.15. The molecule has 0 aromatic rings. The maximum atomic E-state index is 8.12. The van der Waals surface area contributed by atoms with Crippen LogP contribution in [0.1, 0.15) is 32.6 Å². The highest BCUT2D eigenvalue weighted by Gasteiger charge is 2.37. The molecule has 0 amide bonds. The van der Waals surface area contributed by atoms with Crippen LogP contribution in [0.5, 0.6) is 0 Å². The van der Waals surface area contributed by atoms with E-state index in [-0.39, 0.29) is 6.10 Å². The molecule has 0 aromatic heterocycles. The molecule has 1 aliphatic carbocycles. The lowest BCUT2D eigenvalue weighted by molar-refractivity contribution is 0.0854. The van der Waals surface area contributed by atoms with Gasteiger partial charge in [-0.25, -0.2) is 0 Å². The average molecular weight is 196 g/mol. The van der Waals surface area contributed by atoms with Crippen LogP contribution in [0.4, 0.5) is 0 Å². The number of likely N-dealkylation sites (tertiary alicyclic amines) is 1. The molecular formula is C11H20N2O. The molecule has 80 valence electrons. The van der Waals surface area contributed by atoms with Crippen molar-refractivity contribution in [2.24, 2.45) is 5.92 Å². The van der Waals surface area contributed by atoms with Gasteiger partial charge in [0.25, 0.3) is 0 Å². The van der Waals surface area contributed by atoms with Gasteiger partial charge in [-0.15, -0.1) is 0 Å². The van der Waals surface area contributed by atoms with Crippen molar-refractivity contribution in [1.29, 1.82) is 5.41 Å². The summed E-state index contributed by atoms with van der Waals surface area (Å²) in [7, 11) is 0. The van der Waals surface area contributed by atoms with E-state index in [0.29, 0.717) is 5.92 Å². The van der Waals surface area contributed by atoms with E-state index >= 15 is 0 Å². The molecule has 3 nitrogen and oxygen atoms in total. The van der Waals surface area contributed by atoms with Gasteiger partial charge in [0.2, 0.25) is 0 Å². The summed E-state index contributed by atoms with van der Waals surface area (Å²) in [5.74, 6) is 1.38. The summed E-state index contributed by atoms with van der Waals surface area (Å²) in [6.07, 6.45) is 5.08. The number of rotatable bonds is 4. The number of nitrogens with one attached hydrogen (secondary N) is 1. The van der Waals surface area contributed by atoms with E-state index in [0.717, 1.165) is 25.5 Å². The summed E-state index contributed by atoms with van der Waals surface area (Å²) >= 11 is 0. The standard InChI is InChI=1S/C11H20N2O/c1-2-14-10(9-5-6-9)11(12)13-7-3-4-8-13/h9-10,12H,2-8H2,1H3. The van der Waals surface area contributed by atoms with Gasteiger partial charge in [-0.2, -0.15) is 0 Å². The van der Waals surface area contributed by atoms with Gasteiger partial charge in [0, 0.05) is 19.7 Å². The summed E-state index contributed by atoms with van der Waals surface area (Å²) in [4.78, 5) is 2.19. The maximum absolute atomic E-state index is 8.12. The summed E-state index contributed by atoms with van der Waals surface area (Å²) in [6, 6.07) is 0. The highest BCUT2D eigenvalue weighted by molar-refractivity contribution is 5.84. The predicted molar refractivity (Wildman–Crippen MR) is 56.7 cm³/mol. The van der Waals surface area contributed by atoms with Crippen molar-refractivity contribution in [3.63, 3.8) is 0 Å². The second kappa shape index (κ2) is 4.30. The Balaban J connectivity index is 1.91. The zero-order valence-corrected chi connectivity index (χ0v) is 8.96. The first kappa shape index (κ1) is 9.97. The molecule has 1 heterocycles. The van der Waals surface area contributed by atoms with Gasteiger partial charge in [0.15, 0.2) is 0 Å². The Morgan fingerprint density at radius 3 is 2.57 bits per heavy atom. The molecule has 0 bridgehead atoms. The molecule has 0 spiro atoms. The summed E-state index contributed by atoms with van der Waals surface area (Å²) in [5.41, 5.74) is 0. The molecule has 2 fully saturated rings. The minimum Gasteiger partial charge on any atom is -0.370 e. The molecule has 0 radical (unpaired) electrons. The van der Waals surface area contributed by atoms with Crippen LogP contribution >= 0.6 is 0 Å². The smallest absolute Gasteiger partial charge is 0.126 e. The van der Waals surface area contributed by atoms with E-state index < -0.39 is 0 Å². The third-order valence-electron chi connectivity index (χ3n) is 3.11. The monoisotopic (exact) mass is 196 g/mol. The Bertz CT molecular complexity index is 207. The van der Waals surface area contributed by atoms with Gasteiger partial charge >= 0.3 is 0 Å². The van der Waals surface area contributed by atoms with Crippen molar-refractivity contribution >= 4 is 5.84 Å². The van der Waals surface area contributed by atoms with Gasteiger partial charge in [0.05, 0.1) is 0 Å². The third-order valence-corrected chi connectivity index (χ3v) is 3.11. The average Bonchev–Trinajstić information content (AvgIpc) is 2.88. The van der Waals surface area contributed by atoms with Gasteiger partial charge < -0.3 is 9.64 Å². The second-order valence-electron chi connectivity index (χ2n) is 4.29. The molecule has 1 N–H and O–H groups in total. The van der Waals surface area contributed by atoms with Gasteiger partial charge in [0.1, 0.15) is 11.9 Å². The van der Waals surface area contributed by atoms with Crippen LogP contribution < -0.4 is 0 Å². The lowest BCUT2D eigenvalue weighted by Crippen LogP contribution is -2.39. The zero-order valence-electron chi connectivity index (χ0n) is 8.96. The van der Waals surface area contributed by atoms with Crippen molar-refractivity contribution in [3.8, 4) is 0 Å². The molecule has 1 saturated carbocycles. The number of ether oxygens (including phenoxy) is 1. The molecule has 2 rings (SSSR count). The van der Waals surface area contributed by atoms with Crippen molar-refractivity contribution in [2.75, 3.05) is 19.7 Å². The molecule has 1 aliphatic heterocycles. The molecule has 1 saturated heterocycles. The van der Waals surface area contributed by atoms with Gasteiger partial charge in [-0.05, 0) is 38.5 Å². The number of nitrogens with zero attached hydrogens (tertiary/aromatic N) is 1. The van der Waals surface area contributed by atoms with Crippen LogP contribution in [0.2, 0.25) is 0 Å². The zero-order chi connectivity index (χ0) is 9.97. The quantitative estimate of drug-likeness (QED) is 0.550. The minimum atomic E-state index is 0.0955. The van der Waals surface area contributed by atoms with Crippen molar-refractivity contribution in [2.45, 2.75) is 38.7 Å². The van der Waals surface area contributed by atoms with Crippen molar-refractivity contribution in [3.05, 3.63) is 0 Å². The predicted octanol–water partition coefficient (Wildman–Crippen LogP) is 1.87. The molecule has 2 aliphatic rings. The fraction of sp³-hybridized carbons (Fsp3) is 0.909. The first-order valence-corrected chi connectivity index (χ1v) is 5.78. The van der Waals surface area contributed by atoms with Crippen molar-refractivity contribution < 1.29 is 4.74 Å². The minimum absolute atomic E-state index is 0.0955. The molecule has 1 atom stereocenters. The first-order valence-electron chi connectivity index (χ1n) is 5.78. The highest BCUT2D eigenvalue weighted by Crippen LogP contribution is 2.35. The summed E-state index contributed by atoms with van der Waals surface area (Å²) in [6.45, 7) is 4.88. The highest BCUT2D eigenvalue weighted by atomic mass is 16.5.